The van der Waals surface area contributed by atoms with Crippen LogP contribution in [0.4, 0.5) is 0 Å². The normalized spacial score (nSPS) is 12.3. The number of benzene rings is 1. The number of hydrogen-bond acceptors (Lipinski definition) is 3. The Labute approximate surface area is 82.7 Å². The smallest absolute Gasteiger partial charge is 0.267 e. The van der Waals surface area contributed by atoms with E-state index in [1.165, 1.54) is 0 Å². The predicted octanol–water partition coefficient (Wildman–Crippen LogP) is 0.327. The Morgan fingerprint density at radius 1 is 1.50 bits per heavy atom. The SMILES string of the molecule is Cc1ccc(C)c(C(O)C(=O)NN)c1. The molecule has 1 rings (SSSR count). The Morgan fingerprint density at radius 3 is 2.71 bits per heavy atom. The van der Waals surface area contributed by atoms with Crippen LogP contribution >= 0.6 is 0 Å². The lowest BCUT2D eigenvalue weighted by Gasteiger charge is -2.12. The van der Waals surface area contributed by atoms with E-state index in [9.17, 15) is 9.90 Å². The summed E-state index contributed by atoms with van der Waals surface area (Å²) in [6.07, 6.45) is -1.19. The summed E-state index contributed by atoms with van der Waals surface area (Å²) >= 11 is 0. The van der Waals surface area contributed by atoms with Crippen molar-refractivity contribution in [1.29, 1.82) is 0 Å². The average molecular weight is 194 g/mol. The third-order valence-electron chi connectivity index (χ3n) is 2.12. The molecular formula is C10H14N2O2. The highest BCUT2D eigenvalue weighted by Gasteiger charge is 2.17. The lowest BCUT2D eigenvalue weighted by Crippen LogP contribution is -2.34. The van der Waals surface area contributed by atoms with Crippen LogP contribution in [0.2, 0.25) is 0 Å². The van der Waals surface area contributed by atoms with Crippen molar-refractivity contribution in [1.82, 2.24) is 5.43 Å². The number of nitrogens with one attached hydrogen (secondary N) is 1. The number of hydrazine groups is 1. The highest BCUT2D eigenvalue weighted by atomic mass is 16.3. The minimum absolute atomic E-state index is 0.591. The minimum atomic E-state index is -1.19. The summed E-state index contributed by atoms with van der Waals surface area (Å²) in [7, 11) is 0. The molecule has 0 fully saturated rings. The van der Waals surface area contributed by atoms with Crippen LogP contribution in [-0.2, 0) is 4.79 Å². The van der Waals surface area contributed by atoms with Crippen LogP contribution in [0, 0.1) is 13.8 Å². The molecule has 0 aromatic heterocycles. The van der Waals surface area contributed by atoms with E-state index in [2.05, 4.69) is 0 Å². The maximum Gasteiger partial charge on any atom is 0.267 e. The van der Waals surface area contributed by atoms with Crippen molar-refractivity contribution in [2.75, 3.05) is 0 Å². The second-order valence-corrected chi connectivity index (χ2v) is 3.27. The molecule has 0 aliphatic carbocycles. The van der Waals surface area contributed by atoms with Gasteiger partial charge in [-0.15, -0.1) is 0 Å². The van der Waals surface area contributed by atoms with E-state index in [-0.39, 0.29) is 0 Å². The Kier molecular flexibility index (Phi) is 3.22. The van der Waals surface area contributed by atoms with E-state index in [0.29, 0.717) is 5.56 Å². The quantitative estimate of drug-likeness (QED) is 0.361. The molecule has 1 amide bonds. The minimum Gasteiger partial charge on any atom is -0.378 e. The lowest BCUT2D eigenvalue weighted by molar-refractivity contribution is -0.129. The van der Waals surface area contributed by atoms with E-state index in [1.54, 1.807) is 6.07 Å². The van der Waals surface area contributed by atoms with Crippen LogP contribution in [0.25, 0.3) is 0 Å². The number of hydrogen-bond donors (Lipinski definition) is 3. The second-order valence-electron chi connectivity index (χ2n) is 3.27. The summed E-state index contributed by atoms with van der Waals surface area (Å²) in [5.74, 6) is 4.34. The van der Waals surface area contributed by atoms with Gasteiger partial charge in [-0.2, -0.15) is 0 Å². The summed E-state index contributed by atoms with van der Waals surface area (Å²) in [5.41, 5.74) is 4.37. The number of aliphatic hydroxyl groups excluding tert-OH is 1. The molecule has 0 aliphatic heterocycles. The van der Waals surface area contributed by atoms with Crippen molar-refractivity contribution in [3.63, 3.8) is 0 Å². The van der Waals surface area contributed by atoms with Crippen LogP contribution in [0.15, 0.2) is 18.2 Å². The van der Waals surface area contributed by atoms with E-state index in [1.807, 2.05) is 31.4 Å². The molecule has 0 radical (unpaired) electrons. The van der Waals surface area contributed by atoms with Crippen molar-refractivity contribution in [3.8, 4) is 0 Å². The first-order valence-electron chi connectivity index (χ1n) is 4.32. The van der Waals surface area contributed by atoms with Crippen molar-refractivity contribution < 1.29 is 9.90 Å². The Hall–Kier alpha value is -1.39. The Bertz CT molecular complexity index is 350. The molecule has 0 heterocycles. The van der Waals surface area contributed by atoms with Crippen molar-refractivity contribution in [2.24, 2.45) is 5.84 Å². The highest BCUT2D eigenvalue weighted by Crippen LogP contribution is 2.18. The van der Waals surface area contributed by atoms with Gasteiger partial charge in [0.2, 0.25) is 0 Å². The van der Waals surface area contributed by atoms with Crippen molar-refractivity contribution in [3.05, 3.63) is 34.9 Å². The first kappa shape index (κ1) is 10.7. The summed E-state index contributed by atoms with van der Waals surface area (Å²) < 4.78 is 0. The number of carbonyl (C=O) groups excluding carboxylic acids is 1. The van der Waals surface area contributed by atoms with Gasteiger partial charge in [-0.1, -0.05) is 23.8 Å². The van der Waals surface area contributed by atoms with Crippen molar-refractivity contribution in [2.45, 2.75) is 20.0 Å². The molecule has 76 valence electrons. The molecule has 4 heteroatoms. The van der Waals surface area contributed by atoms with Gasteiger partial charge in [-0.05, 0) is 25.0 Å². The zero-order chi connectivity index (χ0) is 10.7. The molecule has 0 spiro atoms. The van der Waals surface area contributed by atoms with Gasteiger partial charge in [0.1, 0.15) is 0 Å². The van der Waals surface area contributed by atoms with E-state index in [4.69, 9.17) is 5.84 Å². The monoisotopic (exact) mass is 194 g/mol. The van der Waals surface area contributed by atoms with Crippen LogP contribution in [0.5, 0.6) is 0 Å². The standard InChI is InChI=1S/C10H14N2O2/c1-6-3-4-7(2)8(5-6)9(13)10(14)12-11/h3-5,9,13H,11H2,1-2H3,(H,12,14). The lowest BCUT2D eigenvalue weighted by atomic mass is 10.0. The molecule has 4 nitrogen and oxygen atoms in total. The van der Waals surface area contributed by atoms with Gasteiger partial charge in [0.25, 0.3) is 5.91 Å². The first-order valence-corrected chi connectivity index (χ1v) is 4.32. The van der Waals surface area contributed by atoms with E-state index < -0.39 is 12.0 Å². The summed E-state index contributed by atoms with van der Waals surface area (Å²) in [6, 6.07) is 5.55. The van der Waals surface area contributed by atoms with Gasteiger partial charge >= 0.3 is 0 Å². The summed E-state index contributed by atoms with van der Waals surface area (Å²) in [4.78, 5) is 11.1. The molecule has 0 aliphatic rings. The molecule has 1 aromatic carbocycles. The third-order valence-corrected chi connectivity index (χ3v) is 2.12. The van der Waals surface area contributed by atoms with Crippen LogP contribution in [0.1, 0.15) is 22.8 Å². The molecule has 1 unspecified atom stereocenters. The fourth-order valence-electron chi connectivity index (χ4n) is 1.27. The number of amides is 1. The van der Waals surface area contributed by atoms with Gasteiger partial charge in [-0.25, -0.2) is 5.84 Å². The Balaban J connectivity index is 3.05. The van der Waals surface area contributed by atoms with Crippen LogP contribution in [0.3, 0.4) is 0 Å². The molecule has 0 saturated heterocycles. The number of nitrogens with two attached hydrogens (primary N) is 1. The van der Waals surface area contributed by atoms with Gasteiger partial charge in [0.15, 0.2) is 6.10 Å². The zero-order valence-electron chi connectivity index (χ0n) is 8.24. The third kappa shape index (κ3) is 2.10. The van der Waals surface area contributed by atoms with Gasteiger partial charge in [-0.3, -0.25) is 10.2 Å². The van der Waals surface area contributed by atoms with Crippen LogP contribution in [-0.4, -0.2) is 11.0 Å². The molecule has 4 N–H and O–H groups in total. The topological polar surface area (TPSA) is 75.3 Å². The first-order chi connectivity index (χ1) is 6.56. The number of carbonyl (C=O) groups is 1. The van der Waals surface area contributed by atoms with Gasteiger partial charge in [0, 0.05) is 0 Å². The Morgan fingerprint density at radius 2 is 2.14 bits per heavy atom. The fourth-order valence-corrected chi connectivity index (χ4v) is 1.27. The fraction of sp³-hybridized carbons (Fsp3) is 0.300. The molecular weight excluding hydrogens is 180 g/mol. The molecule has 1 atom stereocenters. The highest BCUT2D eigenvalue weighted by molar-refractivity contribution is 5.81. The van der Waals surface area contributed by atoms with Crippen molar-refractivity contribution >= 4 is 5.91 Å². The van der Waals surface area contributed by atoms with E-state index in [0.717, 1.165) is 11.1 Å². The van der Waals surface area contributed by atoms with E-state index >= 15 is 0 Å². The zero-order valence-corrected chi connectivity index (χ0v) is 8.24. The van der Waals surface area contributed by atoms with Gasteiger partial charge in [0.05, 0.1) is 0 Å². The predicted molar refractivity (Wildman–Crippen MR) is 53.2 cm³/mol. The maximum atomic E-state index is 11.1. The number of rotatable bonds is 2. The maximum absolute atomic E-state index is 11.1. The molecule has 1 aromatic rings. The second kappa shape index (κ2) is 4.21. The summed E-state index contributed by atoms with van der Waals surface area (Å²) in [6.45, 7) is 3.73. The number of aryl methyl sites for hydroxylation is 2. The number of aliphatic hydroxyl groups is 1. The van der Waals surface area contributed by atoms with Gasteiger partial charge < -0.3 is 5.11 Å². The van der Waals surface area contributed by atoms with Crippen LogP contribution < -0.4 is 11.3 Å². The molecule has 14 heavy (non-hydrogen) atoms. The largest absolute Gasteiger partial charge is 0.378 e. The molecule has 0 bridgehead atoms. The summed E-state index contributed by atoms with van der Waals surface area (Å²) in [5, 5.41) is 9.60. The average Bonchev–Trinajstić information content (AvgIpc) is 2.19. The molecule has 0 saturated carbocycles.